The molecule has 3 nitrogen and oxygen atoms in total. The molecular formula is C8H10N3+. The lowest BCUT2D eigenvalue weighted by molar-refractivity contribution is -0.572. The van der Waals surface area contributed by atoms with Gasteiger partial charge in [-0.05, 0) is 6.07 Å². The zero-order chi connectivity index (χ0) is 8.27. The van der Waals surface area contributed by atoms with Crippen molar-refractivity contribution in [3.05, 3.63) is 24.4 Å². The summed E-state index contributed by atoms with van der Waals surface area (Å²) >= 11 is 0. The molecule has 1 heterocycles. The van der Waals surface area contributed by atoms with Crippen molar-refractivity contribution in [1.82, 2.24) is 0 Å². The number of nitriles is 1. The minimum absolute atomic E-state index is 0.884. The Hall–Kier alpha value is -1.56. The van der Waals surface area contributed by atoms with Gasteiger partial charge in [0.1, 0.15) is 0 Å². The third kappa shape index (κ3) is 1.47. The number of pyridine rings is 1. The lowest BCUT2D eigenvalue weighted by Gasteiger charge is -2.06. The van der Waals surface area contributed by atoms with Gasteiger partial charge in [-0.2, -0.15) is 0 Å². The van der Waals surface area contributed by atoms with Crippen LogP contribution < -0.4 is 9.47 Å². The van der Waals surface area contributed by atoms with Crippen molar-refractivity contribution in [3.63, 3.8) is 0 Å². The van der Waals surface area contributed by atoms with Gasteiger partial charge in [0.25, 0.3) is 0 Å². The van der Waals surface area contributed by atoms with Crippen LogP contribution in [0.1, 0.15) is 0 Å². The average Bonchev–Trinajstić information content (AvgIpc) is 2.04. The van der Waals surface area contributed by atoms with Crippen LogP contribution in [0.3, 0.4) is 0 Å². The van der Waals surface area contributed by atoms with Gasteiger partial charge in [0.05, 0.1) is 20.3 Å². The Kier molecular flexibility index (Phi) is 2.07. The van der Waals surface area contributed by atoms with Crippen molar-refractivity contribution in [3.8, 4) is 6.19 Å². The van der Waals surface area contributed by atoms with E-state index in [-0.39, 0.29) is 0 Å². The molecule has 0 N–H and O–H groups in total. The highest BCUT2D eigenvalue weighted by Crippen LogP contribution is 2.00. The van der Waals surface area contributed by atoms with Gasteiger partial charge < -0.3 is 0 Å². The number of hydrogen-bond donors (Lipinski definition) is 0. The molecule has 0 saturated heterocycles. The fraction of sp³-hybridized carbons (Fsp3) is 0.250. The largest absolute Gasteiger partial charge is 0.375 e. The van der Waals surface area contributed by atoms with Gasteiger partial charge in [-0.15, -0.1) is 4.57 Å². The van der Waals surface area contributed by atoms with Crippen LogP contribution in [0.5, 0.6) is 0 Å². The molecule has 1 aromatic rings. The van der Waals surface area contributed by atoms with Crippen molar-refractivity contribution in [2.75, 3.05) is 19.0 Å². The zero-order valence-corrected chi connectivity index (χ0v) is 6.65. The summed E-state index contributed by atoms with van der Waals surface area (Å²) in [6.45, 7) is 0. The van der Waals surface area contributed by atoms with Crippen LogP contribution in [0.4, 0.5) is 5.82 Å². The van der Waals surface area contributed by atoms with Crippen LogP contribution in [-0.2, 0) is 0 Å². The first-order valence-electron chi connectivity index (χ1n) is 3.34. The lowest BCUT2D eigenvalue weighted by atomic mass is 10.4. The Balaban J connectivity index is 3.15. The molecule has 0 saturated carbocycles. The van der Waals surface area contributed by atoms with E-state index in [0.717, 1.165) is 5.82 Å². The van der Waals surface area contributed by atoms with Gasteiger partial charge in [0.15, 0.2) is 0 Å². The number of rotatable bonds is 1. The monoisotopic (exact) mass is 148 g/mol. The van der Waals surface area contributed by atoms with Crippen molar-refractivity contribution < 1.29 is 4.57 Å². The summed E-state index contributed by atoms with van der Waals surface area (Å²) in [5.41, 5.74) is 0. The molecule has 3 heteroatoms. The molecule has 0 atom stereocenters. The predicted molar refractivity (Wildman–Crippen MR) is 42.0 cm³/mol. The highest BCUT2D eigenvalue weighted by Gasteiger charge is 2.05. The molecule has 11 heavy (non-hydrogen) atoms. The Bertz CT molecular complexity index is 286. The predicted octanol–water partition coefficient (Wildman–Crippen LogP) is 0.369. The summed E-state index contributed by atoms with van der Waals surface area (Å²) in [7, 11) is 3.81. The van der Waals surface area contributed by atoms with E-state index in [1.807, 2.05) is 37.2 Å². The maximum atomic E-state index is 8.65. The first-order valence-corrected chi connectivity index (χ1v) is 3.34. The van der Waals surface area contributed by atoms with Crippen LogP contribution in [0.2, 0.25) is 0 Å². The molecule has 0 spiro atoms. The van der Waals surface area contributed by atoms with E-state index in [1.165, 1.54) is 4.57 Å². The third-order valence-electron chi connectivity index (χ3n) is 1.40. The topological polar surface area (TPSA) is 30.9 Å². The zero-order valence-electron chi connectivity index (χ0n) is 6.65. The van der Waals surface area contributed by atoms with E-state index < -0.39 is 0 Å². The molecule has 0 aliphatic heterocycles. The second-order valence-electron chi connectivity index (χ2n) is 2.42. The fourth-order valence-corrected chi connectivity index (χ4v) is 0.883. The summed E-state index contributed by atoms with van der Waals surface area (Å²) < 4.78 is 1.51. The van der Waals surface area contributed by atoms with Crippen molar-refractivity contribution in [1.29, 1.82) is 5.26 Å². The Morgan fingerprint density at radius 1 is 1.45 bits per heavy atom. The molecule has 0 unspecified atom stereocenters. The lowest BCUT2D eigenvalue weighted by Crippen LogP contribution is -2.34. The Morgan fingerprint density at radius 2 is 2.18 bits per heavy atom. The van der Waals surface area contributed by atoms with Gasteiger partial charge in [-0.25, -0.2) is 0 Å². The fourth-order valence-electron chi connectivity index (χ4n) is 0.883. The molecule has 0 radical (unpaired) electrons. The summed E-state index contributed by atoms with van der Waals surface area (Å²) in [5.74, 6) is 0.884. The van der Waals surface area contributed by atoms with Crippen molar-refractivity contribution >= 4 is 5.82 Å². The molecule has 0 bridgehead atoms. The van der Waals surface area contributed by atoms with Crippen LogP contribution >= 0.6 is 0 Å². The van der Waals surface area contributed by atoms with Crippen LogP contribution in [-0.4, -0.2) is 14.1 Å². The van der Waals surface area contributed by atoms with Crippen LogP contribution in [0, 0.1) is 11.5 Å². The highest BCUT2D eigenvalue weighted by atomic mass is 15.2. The molecular weight excluding hydrogens is 138 g/mol. The van der Waals surface area contributed by atoms with E-state index in [4.69, 9.17) is 5.26 Å². The maximum Gasteiger partial charge on any atom is 0.375 e. The first kappa shape index (κ1) is 7.55. The van der Waals surface area contributed by atoms with Gasteiger partial charge in [0, 0.05) is 11.3 Å². The molecule has 1 aromatic heterocycles. The van der Waals surface area contributed by atoms with Gasteiger partial charge in [0.2, 0.25) is 5.82 Å². The SMILES string of the molecule is CN(C)c1cccc[n+]1C#N. The van der Waals surface area contributed by atoms with Gasteiger partial charge in [-0.3, -0.25) is 4.90 Å². The molecule has 0 aromatic carbocycles. The van der Waals surface area contributed by atoms with Gasteiger partial charge >= 0.3 is 6.19 Å². The smallest absolute Gasteiger partial charge is 0.297 e. The quantitative estimate of drug-likeness (QED) is 0.539. The second-order valence-corrected chi connectivity index (χ2v) is 2.42. The van der Waals surface area contributed by atoms with Crippen molar-refractivity contribution in [2.45, 2.75) is 0 Å². The summed E-state index contributed by atoms with van der Waals surface area (Å²) in [5, 5.41) is 8.65. The number of aromatic nitrogens is 1. The first-order chi connectivity index (χ1) is 5.25. The van der Waals surface area contributed by atoms with Gasteiger partial charge in [-0.1, -0.05) is 6.07 Å². The molecule has 1 rings (SSSR count). The number of hydrogen-bond acceptors (Lipinski definition) is 2. The van der Waals surface area contributed by atoms with Crippen LogP contribution in [0.15, 0.2) is 24.4 Å². The second kappa shape index (κ2) is 3.02. The summed E-state index contributed by atoms with van der Waals surface area (Å²) in [6, 6.07) is 5.63. The van der Waals surface area contributed by atoms with E-state index in [2.05, 4.69) is 6.19 Å². The standard InChI is InChI=1S/C8H10N3/c1-10(2)8-5-3-4-6-11(8)7-9/h3-6H,1-2H3/q+1. The summed E-state index contributed by atoms with van der Waals surface area (Å²) in [6.07, 6.45) is 3.78. The number of anilines is 1. The summed E-state index contributed by atoms with van der Waals surface area (Å²) in [4.78, 5) is 1.89. The Labute approximate surface area is 66.1 Å². The van der Waals surface area contributed by atoms with E-state index in [0.29, 0.717) is 0 Å². The molecule has 0 amide bonds. The van der Waals surface area contributed by atoms with E-state index in [1.54, 1.807) is 6.20 Å². The highest BCUT2D eigenvalue weighted by molar-refractivity contribution is 5.29. The Morgan fingerprint density at radius 3 is 2.64 bits per heavy atom. The van der Waals surface area contributed by atoms with Crippen LogP contribution in [0.25, 0.3) is 0 Å². The van der Waals surface area contributed by atoms with E-state index >= 15 is 0 Å². The minimum atomic E-state index is 0.884. The van der Waals surface area contributed by atoms with E-state index in [9.17, 15) is 0 Å². The number of nitrogens with zero attached hydrogens (tertiary/aromatic N) is 3. The average molecular weight is 148 g/mol. The normalized spacial score (nSPS) is 8.82. The molecule has 56 valence electrons. The molecule has 0 fully saturated rings. The maximum absolute atomic E-state index is 8.65. The van der Waals surface area contributed by atoms with Crippen molar-refractivity contribution in [2.24, 2.45) is 0 Å². The minimum Gasteiger partial charge on any atom is -0.297 e. The molecule has 0 aliphatic carbocycles. The molecule has 0 aliphatic rings. The third-order valence-corrected chi connectivity index (χ3v) is 1.40.